The number of rotatable bonds is 2. The summed E-state index contributed by atoms with van der Waals surface area (Å²) in [7, 11) is 0. The van der Waals surface area contributed by atoms with E-state index in [0.717, 1.165) is 0 Å². The first-order valence-electron chi connectivity index (χ1n) is 2.64. The minimum absolute atomic E-state index is 0.145. The molecule has 0 saturated carbocycles. The molecule has 0 aliphatic carbocycles. The van der Waals surface area contributed by atoms with E-state index in [4.69, 9.17) is 0 Å². The SMILES string of the molecule is CCC([O-])=C[N+]1=NC1. The smallest absolute Gasteiger partial charge is 0.322 e. The molecule has 0 amide bonds. The van der Waals surface area contributed by atoms with Gasteiger partial charge in [-0.05, 0) is 6.42 Å². The molecule has 0 N–H and O–H groups in total. The van der Waals surface area contributed by atoms with E-state index in [1.165, 1.54) is 6.20 Å². The molecule has 1 aliphatic rings. The van der Waals surface area contributed by atoms with Gasteiger partial charge in [-0.15, -0.1) is 0 Å². The zero-order chi connectivity index (χ0) is 5.98. The fourth-order valence-corrected chi connectivity index (χ4v) is 0.376. The van der Waals surface area contributed by atoms with Crippen LogP contribution in [-0.4, -0.2) is 11.4 Å². The summed E-state index contributed by atoms with van der Waals surface area (Å²) in [5.74, 6) is 0.145. The molecule has 3 nitrogen and oxygen atoms in total. The number of allylic oxidation sites excluding steroid dienone is 1. The van der Waals surface area contributed by atoms with E-state index in [1.807, 2.05) is 6.92 Å². The Morgan fingerprint density at radius 3 is 3.00 bits per heavy atom. The zero-order valence-corrected chi connectivity index (χ0v) is 4.79. The average molecular weight is 112 g/mol. The van der Waals surface area contributed by atoms with Crippen LogP contribution < -0.4 is 5.11 Å². The lowest BCUT2D eigenvalue weighted by Crippen LogP contribution is -2.02. The van der Waals surface area contributed by atoms with Gasteiger partial charge in [0.1, 0.15) is 0 Å². The van der Waals surface area contributed by atoms with Crippen LogP contribution in [0.3, 0.4) is 0 Å². The molecule has 0 radical (unpaired) electrons. The van der Waals surface area contributed by atoms with Crippen LogP contribution >= 0.6 is 0 Å². The topological polar surface area (TPSA) is 38.4 Å². The predicted molar refractivity (Wildman–Crippen MR) is 25.9 cm³/mol. The van der Waals surface area contributed by atoms with Gasteiger partial charge in [-0.2, -0.15) is 0 Å². The molecule has 0 aromatic rings. The second kappa shape index (κ2) is 1.94. The molecule has 0 aromatic carbocycles. The Morgan fingerprint density at radius 2 is 2.62 bits per heavy atom. The molecule has 44 valence electrons. The van der Waals surface area contributed by atoms with Crippen LogP contribution in [0.4, 0.5) is 0 Å². The van der Waals surface area contributed by atoms with Gasteiger partial charge >= 0.3 is 6.67 Å². The molecule has 0 fully saturated rings. The second-order valence-corrected chi connectivity index (χ2v) is 1.67. The summed E-state index contributed by atoms with van der Waals surface area (Å²) in [5, 5.41) is 14.3. The fourth-order valence-electron chi connectivity index (χ4n) is 0.376. The minimum atomic E-state index is 0.145. The first-order chi connectivity index (χ1) is 3.83. The number of hydrogen-bond donors (Lipinski definition) is 0. The Balaban J connectivity index is 2.39. The summed E-state index contributed by atoms with van der Waals surface area (Å²) in [5.41, 5.74) is 0. The summed E-state index contributed by atoms with van der Waals surface area (Å²) >= 11 is 0. The van der Waals surface area contributed by atoms with Gasteiger partial charge in [0.2, 0.25) is 0 Å². The minimum Gasteiger partial charge on any atom is -0.871 e. The van der Waals surface area contributed by atoms with Gasteiger partial charge in [-0.1, -0.05) is 17.4 Å². The maximum absolute atomic E-state index is 10.5. The Labute approximate surface area is 48.0 Å². The van der Waals surface area contributed by atoms with E-state index >= 15 is 0 Å². The van der Waals surface area contributed by atoms with Crippen molar-refractivity contribution < 1.29 is 9.80 Å². The van der Waals surface area contributed by atoms with Crippen LogP contribution in [0.5, 0.6) is 0 Å². The van der Waals surface area contributed by atoms with Gasteiger partial charge in [-0.3, -0.25) is 0 Å². The molecule has 0 unspecified atom stereocenters. The van der Waals surface area contributed by atoms with Crippen molar-refractivity contribution in [2.45, 2.75) is 13.3 Å². The second-order valence-electron chi connectivity index (χ2n) is 1.67. The van der Waals surface area contributed by atoms with E-state index in [0.29, 0.717) is 13.1 Å². The van der Waals surface area contributed by atoms with Gasteiger partial charge in [0.05, 0.1) is 0 Å². The van der Waals surface area contributed by atoms with Crippen LogP contribution in [0, 0.1) is 0 Å². The van der Waals surface area contributed by atoms with Crippen molar-refractivity contribution >= 4 is 0 Å². The Bertz CT molecular complexity index is 149. The van der Waals surface area contributed by atoms with Gasteiger partial charge < -0.3 is 5.11 Å². The average Bonchev–Trinajstić information content (AvgIpc) is 2.50. The van der Waals surface area contributed by atoms with Crippen molar-refractivity contribution in [3.05, 3.63) is 12.0 Å². The third-order valence-corrected chi connectivity index (χ3v) is 0.946. The zero-order valence-electron chi connectivity index (χ0n) is 4.79. The van der Waals surface area contributed by atoms with Crippen molar-refractivity contribution in [1.29, 1.82) is 0 Å². The number of nitrogens with zero attached hydrogens (tertiary/aromatic N) is 2. The maximum Gasteiger partial charge on any atom is 0.322 e. The van der Waals surface area contributed by atoms with E-state index in [2.05, 4.69) is 5.11 Å². The highest BCUT2D eigenvalue weighted by molar-refractivity contribution is 4.79. The molecule has 3 heteroatoms. The third-order valence-electron chi connectivity index (χ3n) is 0.946. The van der Waals surface area contributed by atoms with Crippen LogP contribution in [0.2, 0.25) is 0 Å². The van der Waals surface area contributed by atoms with Crippen LogP contribution in [0.1, 0.15) is 13.3 Å². The molecular formula is C5H8N2O. The molecule has 1 heterocycles. The van der Waals surface area contributed by atoms with Crippen molar-refractivity contribution in [3.63, 3.8) is 0 Å². The van der Waals surface area contributed by atoms with Crippen LogP contribution in [0.25, 0.3) is 0 Å². The molecule has 0 spiro atoms. The quantitative estimate of drug-likeness (QED) is 0.367. The molecule has 0 bridgehead atoms. The summed E-state index contributed by atoms with van der Waals surface area (Å²) in [6, 6.07) is 0. The molecule has 0 aromatic heterocycles. The van der Waals surface area contributed by atoms with E-state index in [1.54, 1.807) is 4.70 Å². The molecule has 1 rings (SSSR count). The Kier molecular flexibility index (Phi) is 1.28. The van der Waals surface area contributed by atoms with Crippen LogP contribution in [0.15, 0.2) is 17.1 Å². The van der Waals surface area contributed by atoms with Gasteiger partial charge in [0, 0.05) is 5.11 Å². The highest BCUT2D eigenvalue weighted by Gasteiger charge is 2.14. The maximum atomic E-state index is 10.5. The van der Waals surface area contributed by atoms with E-state index in [-0.39, 0.29) is 5.76 Å². The molecule has 0 saturated heterocycles. The molecular weight excluding hydrogens is 104 g/mol. The Morgan fingerprint density at radius 1 is 2.00 bits per heavy atom. The van der Waals surface area contributed by atoms with Gasteiger partial charge in [0.15, 0.2) is 6.20 Å². The number of hydrogen-bond acceptors (Lipinski definition) is 2. The largest absolute Gasteiger partial charge is 0.871 e. The van der Waals surface area contributed by atoms with Crippen molar-refractivity contribution in [2.75, 3.05) is 6.67 Å². The lowest BCUT2D eigenvalue weighted by Gasteiger charge is -1.99. The fraction of sp³-hybridized carbons (Fsp3) is 0.600. The van der Waals surface area contributed by atoms with E-state index < -0.39 is 0 Å². The van der Waals surface area contributed by atoms with Crippen LogP contribution in [-0.2, 0) is 0 Å². The van der Waals surface area contributed by atoms with Crippen molar-refractivity contribution in [2.24, 2.45) is 5.11 Å². The number of azo groups is 1. The summed E-state index contributed by atoms with van der Waals surface area (Å²) < 4.78 is 1.63. The summed E-state index contributed by atoms with van der Waals surface area (Å²) in [6.45, 7) is 2.54. The lowest BCUT2D eigenvalue weighted by molar-refractivity contribution is -0.406. The van der Waals surface area contributed by atoms with Gasteiger partial charge in [-0.25, -0.2) is 0 Å². The predicted octanol–water partition coefficient (Wildman–Crippen LogP) is 0.0339. The standard InChI is InChI=1S/C5H8N2O/c1-2-5(8)3-7-4-6-7/h3H,2,4H2,1H3. The highest BCUT2D eigenvalue weighted by Crippen LogP contribution is 1.99. The third kappa shape index (κ3) is 1.33. The Hall–Kier alpha value is -0.860. The first kappa shape index (κ1) is 5.28. The highest BCUT2D eigenvalue weighted by atomic mass is 16.3. The molecule has 0 atom stereocenters. The summed E-state index contributed by atoms with van der Waals surface area (Å²) in [6.07, 6.45) is 2.10. The first-order valence-corrected chi connectivity index (χ1v) is 2.64. The van der Waals surface area contributed by atoms with Gasteiger partial charge in [0.25, 0.3) is 0 Å². The molecule has 1 aliphatic heterocycles. The lowest BCUT2D eigenvalue weighted by atomic mass is 10.4. The van der Waals surface area contributed by atoms with E-state index in [9.17, 15) is 5.11 Å². The monoisotopic (exact) mass is 112 g/mol. The molecule has 8 heavy (non-hydrogen) atoms. The van der Waals surface area contributed by atoms with Crippen molar-refractivity contribution in [3.8, 4) is 0 Å². The normalized spacial score (nSPS) is 18.1. The van der Waals surface area contributed by atoms with Crippen molar-refractivity contribution in [1.82, 2.24) is 0 Å². The summed E-state index contributed by atoms with van der Waals surface area (Å²) in [4.78, 5) is 0.